The van der Waals surface area contributed by atoms with E-state index in [1.54, 1.807) is 7.05 Å². The zero-order chi connectivity index (χ0) is 8.27. The Kier molecular flexibility index (Phi) is 2.79. The molecular weight excluding hydrogens is 158 g/mol. The normalized spacial score (nSPS) is 10.0. The summed E-state index contributed by atoms with van der Waals surface area (Å²) in [6.07, 6.45) is 0. The fourth-order valence-corrected chi connectivity index (χ4v) is 1.77. The van der Waals surface area contributed by atoms with Crippen molar-refractivity contribution in [3.63, 3.8) is 0 Å². The molecule has 0 aromatic carbocycles. The molecule has 2 nitrogen and oxygen atoms in total. The summed E-state index contributed by atoms with van der Waals surface area (Å²) in [7, 11) is 1.78. The summed E-state index contributed by atoms with van der Waals surface area (Å²) in [6, 6.07) is 1.97. The molecule has 1 aromatic heterocycles. The molecule has 0 aliphatic heterocycles. The molecule has 0 atom stereocenters. The highest BCUT2D eigenvalue weighted by Crippen LogP contribution is 2.15. The number of rotatable bonds is 3. The number of carbonyl (C=O) groups excluding carboxylic acids is 1. The molecule has 1 aromatic rings. The van der Waals surface area contributed by atoms with Crippen LogP contribution in [0.15, 0.2) is 11.4 Å². The molecule has 0 spiro atoms. The van der Waals surface area contributed by atoms with Crippen LogP contribution in [0.1, 0.15) is 15.2 Å². The molecule has 11 heavy (non-hydrogen) atoms. The monoisotopic (exact) mass is 169 g/mol. The van der Waals surface area contributed by atoms with Crippen LogP contribution >= 0.6 is 11.3 Å². The number of ketones is 1. The predicted molar refractivity (Wildman–Crippen MR) is 47.3 cm³/mol. The first kappa shape index (κ1) is 8.43. The lowest BCUT2D eigenvalue weighted by molar-refractivity contribution is 0.0997. The molecule has 60 valence electrons. The number of hydrogen-bond acceptors (Lipinski definition) is 3. The standard InChI is InChI=1S/C8H11NOS/c1-6-3-4-11-8(6)7(10)5-9-2/h3-4,9H,5H2,1-2H3. The molecule has 3 heteroatoms. The summed E-state index contributed by atoms with van der Waals surface area (Å²) >= 11 is 1.51. The first-order valence-corrected chi connectivity index (χ1v) is 4.35. The summed E-state index contributed by atoms with van der Waals surface area (Å²) < 4.78 is 0. The highest BCUT2D eigenvalue weighted by molar-refractivity contribution is 7.12. The maximum atomic E-state index is 11.3. The van der Waals surface area contributed by atoms with E-state index in [9.17, 15) is 4.79 Å². The minimum Gasteiger partial charge on any atom is -0.313 e. The van der Waals surface area contributed by atoms with E-state index in [1.807, 2.05) is 18.4 Å². The topological polar surface area (TPSA) is 29.1 Å². The third kappa shape index (κ3) is 1.88. The van der Waals surface area contributed by atoms with Crippen LogP contribution < -0.4 is 5.32 Å². The lowest BCUT2D eigenvalue weighted by Crippen LogP contribution is -2.18. The van der Waals surface area contributed by atoms with Crippen molar-refractivity contribution < 1.29 is 4.79 Å². The van der Waals surface area contributed by atoms with E-state index in [0.29, 0.717) is 6.54 Å². The van der Waals surface area contributed by atoms with Gasteiger partial charge in [0.15, 0.2) is 5.78 Å². The van der Waals surface area contributed by atoms with Crippen molar-refractivity contribution in [3.05, 3.63) is 21.9 Å². The van der Waals surface area contributed by atoms with E-state index in [-0.39, 0.29) is 5.78 Å². The molecule has 0 bridgehead atoms. The van der Waals surface area contributed by atoms with Gasteiger partial charge in [0, 0.05) is 0 Å². The van der Waals surface area contributed by atoms with E-state index in [4.69, 9.17) is 0 Å². The van der Waals surface area contributed by atoms with Gasteiger partial charge < -0.3 is 5.32 Å². The minimum atomic E-state index is 0.181. The first-order chi connectivity index (χ1) is 5.25. The van der Waals surface area contributed by atoms with Crippen LogP contribution in [0.5, 0.6) is 0 Å². The SMILES string of the molecule is CNCC(=O)c1sccc1C. The number of thiophene rings is 1. The molecule has 0 unspecified atom stereocenters. The molecule has 1 rings (SSSR count). The average molecular weight is 169 g/mol. The van der Waals surface area contributed by atoms with Gasteiger partial charge in [-0.2, -0.15) is 0 Å². The maximum absolute atomic E-state index is 11.3. The lowest BCUT2D eigenvalue weighted by Gasteiger charge is -1.96. The summed E-state index contributed by atoms with van der Waals surface area (Å²) in [6.45, 7) is 2.39. The molecular formula is C8H11NOS. The van der Waals surface area contributed by atoms with Crippen LogP contribution in [0.3, 0.4) is 0 Å². The number of aryl methyl sites for hydroxylation is 1. The number of nitrogens with one attached hydrogen (secondary N) is 1. The third-order valence-electron chi connectivity index (χ3n) is 1.45. The van der Waals surface area contributed by atoms with Crippen LogP contribution in [0.2, 0.25) is 0 Å². The van der Waals surface area contributed by atoms with Gasteiger partial charge in [-0.05, 0) is 31.0 Å². The van der Waals surface area contributed by atoms with Gasteiger partial charge >= 0.3 is 0 Å². The first-order valence-electron chi connectivity index (χ1n) is 3.47. The van der Waals surface area contributed by atoms with Gasteiger partial charge in [0.25, 0.3) is 0 Å². The molecule has 0 aliphatic carbocycles. The zero-order valence-corrected chi connectivity index (χ0v) is 7.49. The Labute approximate surface area is 70.2 Å². The lowest BCUT2D eigenvalue weighted by atomic mass is 10.2. The Morgan fingerprint density at radius 2 is 2.45 bits per heavy atom. The van der Waals surface area contributed by atoms with E-state index < -0.39 is 0 Å². The summed E-state index contributed by atoms with van der Waals surface area (Å²) in [5.74, 6) is 0.181. The van der Waals surface area contributed by atoms with E-state index in [1.165, 1.54) is 11.3 Å². The van der Waals surface area contributed by atoms with E-state index in [2.05, 4.69) is 5.32 Å². The van der Waals surface area contributed by atoms with Gasteiger partial charge in [-0.15, -0.1) is 11.3 Å². The molecule has 0 amide bonds. The number of likely N-dealkylation sites (N-methyl/N-ethyl adjacent to an activating group) is 1. The zero-order valence-electron chi connectivity index (χ0n) is 6.68. The Morgan fingerprint density at radius 3 is 2.91 bits per heavy atom. The Morgan fingerprint density at radius 1 is 1.73 bits per heavy atom. The van der Waals surface area contributed by atoms with Gasteiger partial charge in [0.1, 0.15) is 0 Å². The van der Waals surface area contributed by atoms with Crippen LogP contribution in [0, 0.1) is 6.92 Å². The quantitative estimate of drug-likeness (QED) is 0.694. The van der Waals surface area contributed by atoms with Crippen molar-refractivity contribution in [2.24, 2.45) is 0 Å². The second-order valence-electron chi connectivity index (χ2n) is 2.39. The number of Topliss-reactive ketones (excluding diaryl/α,β-unsaturated/α-hetero) is 1. The van der Waals surface area contributed by atoms with Gasteiger partial charge in [-0.3, -0.25) is 4.79 Å². The summed E-state index contributed by atoms with van der Waals surface area (Å²) in [5.41, 5.74) is 1.08. The maximum Gasteiger partial charge on any atom is 0.186 e. The Hall–Kier alpha value is -0.670. The van der Waals surface area contributed by atoms with Crippen LogP contribution in [-0.2, 0) is 0 Å². The number of carbonyl (C=O) groups is 1. The van der Waals surface area contributed by atoms with Gasteiger partial charge in [0.05, 0.1) is 11.4 Å². The van der Waals surface area contributed by atoms with E-state index >= 15 is 0 Å². The van der Waals surface area contributed by atoms with Crippen molar-refractivity contribution in [1.82, 2.24) is 5.32 Å². The summed E-state index contributed by atoms with van der Waals surface area (Å²) in [5, 5.41) is 4.78. The minimum absolute atomic E-state index is 0.181. The van der Waals surface area contributed by atoms with Crippen LogP contribution in [-0.4, -0.2) is 19.4 Å². The molecule has 1 N–H and O–H groups in total. The van der Waals surface area contributed by atoms with Crippen LogP contribution in [0.4, 0.5) is 0 Å². The Bertz CT molecular complexity index is 254. The highest BCUT2D eigenvalue weighted by atomic mass is 32.1. The Balaban J connectivity index is 2.76. The highest BCUT2D eigenvalue weighted by Gasteiger charge is 2.07. The predicted octanol–water partition coefficient (Wildman–Crippen LogP) is 1.46. The van der Waals surface area contributed by atoms with Gasteiger partial charge in [-0.1, -0.05) is 0 Å². The fraction of sp³-hybridized carbons (Fsp3) is 0.375. The smallest absolute Gasteiger partial charge is 0.186 e. The van der Waals surface area contributed by atoms with Gasteiger partial charge in [-0.25, -0.2) is 0 Å². The van der Waals surface area contributed by atoms with Crippen molar-refractivity contribution in [1.29, 1.82) is 0 Å². The third-order valence-corrected chi connectivity index (χ3v) is 2.51. The largest absolute Gasteiger partial charge is 0.313 e. The van der Waals surface area contributed by atoms with Crippen LogP contribution in [0.25, 0.3) is 0 Å². The van der Waals surface area contributed by atoms with E-state index in [0.717, 1.165) is 10.4 Å². The average Bonchev–Trinajstić information content (AvgIpc) is 2.36. The second kappa shape index (κ2) is 3.64. The molecule has 0 saturated heterocycles. The van der Waals surface area contributed by atoms with Crippen molar-refractivity contribution in [2.45, 2.75) is 6.92 Å². The van der Waals surface area contributed by atoms with Crippen molar-refractivity contribution in [3.8, 4) is 0 Å². The second-order valence-corrected chi connectivity index (χ2v) is 3.30. The van der Waals surface area contributed by atoms with Gasteiger partial charge in [0.2, 0.25) is 0 Å². The summed E-state index contributed by atoms with van der Waals surface area (Å²) in [4.78, 5) is 12.1. The molecule has 1 heterocycles. The number of hydrogen-bond donors (Lipinski definition) is 1. The molecule has 0 aliphatic rings. The van der Waals surface area contributed by atoms with Crippen molar-refractivity contribution >= 4 is 17.1 Å². The van der Waals surface area contributed by atoms with Crippen molar-refractivity contribution in [2.75, 3.05) is 13.6 Å². The molecule has 0 fully saturated rings. The molecule has 0 radical (unpaired) electrons. The fourth-order valence-electron chi connectivity index (χ4n) is 0.899. The molecule has 0 saturated carbocycles.